The molecule has 0 aromatic rings. The van der Waals surface area contributed by atoms with Crippen molar-refractivity contribution >= 4 is 10.0 Å². The average molecular weight is 219 g/mol. The molecule has 0 spiro atoms. The molecule has 0 bridgehead atoms. The Morgan fingerprint density at radius 3 is 2.36 bits per heavy atom. The lowest BCUT2D eigenvalue weighted by Gasteiger charge is -2.12. The molecule has 2 N–H and O–H groups in total. The Kier molecular flexibility index (Phi) is 5.69. The highest BCUT2D eigenvalue weighted by atomic mass is 32.2. The molecule has 0 saturated heterocycles. The molecule has 0 rings (SSSR count). The minimum atomic E-state index is -3.46. The Morgan fingerprint density at radius 2 is 1.93 bits per heavy atom. The van der Waals surface area contributed by atoms with Crippen LogP contribution in [0.15, 0.2) is 0 Å². The summed E-state index contributed by atoms with van der Waals surface area (Å²) in [6, 6.07) is 1.69. The fourth-order valence-electron chi connectivity index (χ4n) is 0.873. The predicted octanol–water partition coefficient (Wildman–Crippen LogP) is -0.327. The van der Waals surface area contributed by atoms with Crippen LogP contribution >= 0.6 is 0 Å². The van der Waals surface area contributed by atoms with Crippen LogP contribution in [0.1, 0.15) is 13.8 Å². The third-order valence-corrected chi connectivity index (χ3v) is 3.44. The Bertz CT molecular complexity index is 294. The Morgan fingerprint density at radius 1 is 1.36 bits per heavy atom. The quantitative estimate of drug-likeness (QED) is 0.641. The first-order valence-corrected chi connectivity index (χ1v) is 6.01. The van der Waals surface area contributed by atoms with Crippen molar-refractivity contribution in [3.05, 3.63) is 0 Å². The van der Waals surface area contributed by atoms with Crippen molar-refractivity contribution in [2.75, 3.05) is 20.1 Å². The Hall–Kier alpha value is -0.640. The van der Waals surface area contributed by atoms with Crippen LogP contribution in [0.25, 0.3) is 0 Å². The van der Waals surface area contributed by atoms with E-state index in [9.17, 15) is 8.42 Å². The Labute approximate surface area is 85.5 Å². The minimum absolute atomic E-state index is 0.209. The van der Waals surface area contributed by atoms with Crippen molar-refractivity contribution in [2.45, 2.75) is 19.1 Å². The summed E-state index contributed by atoms with van der Waals surface area (Å²) >= 11 is 0. The normalized spacial score (nSPS) is 15.9. The summed E-state index contributed by atoms with van der Waals surface area (Å²) in [6.07, 6.45) is 0. The highest BCUT2D eigenvalue weighted by Crippen LogP contribution is 1.98. The van der Waals surface area contributed by atoms with Gasteiger partial charge in [-0.05, 0) is 26.4 Å². The van der Waals surface area contributed by atoms with Gasteiger partial charge in [0.15, 0.2) is 5.25 Å². The molecule has 6 heteroatoms. The molecule has 2 atom stereocenters. The number of hydrogen-bond donors (Lipinski definition) is 2. The zero-order chi connectivity index (χ0) is 11.2. The molecule has 0 aliphatic carbocycles. The van der Waals surface area contributed by atoms with E-state index in [4.69, 9.17) is 5.26 Å². The van der Waals surface area contributed by atoms with Crippen LogP contribution in [0.3, 0.4) is 0 Å². The molecule has 0 aliphatic rings. The summed E-state index contributed by atoms with van der Waals surface area (Å²) < 4.78 is 25.0. The van der Waals surface area contributed by atoms with Crippen molar-refractivity contribution in [1.82, 2.24) is 10.0 Å². The standard InChI is InChI=1S/C8H17N3O2S/c1-7(5-10-3)6-11-14(12,13)8(2)4-9/h7-8,10-11H,5-6H2,1-3H3. The summed E-state index contributed by atoms with van der Waals surface area (Å²) in [5.41, 5.74) is 0. The second kappa shape index (κ2) is 5.96. The van der Waals surface area contributed by atoms with E-state index in [0.717, 1.165) is 6.54 Å². The van der Waals surface area contributed by atoms with Gasteiger partial charge >= 0.3 is 0 Å². The van der Waals surface area contributed by atoms with Crippen LogP contribution in [0.5, 0.6) is 0 Å². The average Bonchev–Trinajstić information content (AvgIpc) is 2.14. The number of nitrogens with one attached hydrogen (secondary N) is 2. The second-order valence-electron chi connectivity index (χ2n) is 3.33. The van der Waals surface area contributed by atoms with E-state index < -0.39 is 15.3 Å². The van der Waals surface area contributed by atoms with Gasteiger partial charge in [0.25, 0.3) is 0 Å². The molecule has 0 aromatic heterocycles. The third-order valence-electron chi connectivity index (χ3n) is 1.83. The topological polar surface area (TPSA) is 82.0 Å². The Balaban J connectivity index is 4.08. The summed E-state index contributed by atoms with van der Waals surface area (Å²) in [5.74, 6) is 0.209. The van der Waals surface area contributed by atoms with Crippen LogP contribution in [-0.4, -0.2) is 33.8 Å². The van der Waals surface area contributed by atoms with E-state index in [1.807, 2.05) is 14.0 Å². The highest BCUT2D eigenvalue weighted by Gasteiger charge is 2.19. The zero-order valence-corrected chi connectivity index (χ0v) is 9.56. The van der Waals surface area contributed by atoms with Crippen LogP contribution in [0.2, 0.25) is 0 Å². The predicted molar refractivity (Wildman–Crippen MR) is 55.1 cm³/mol. The van der Waals surface area contributed by atoms with E-state index in [0.29, 0.717) is 6.54 Å². The van der Waals surface area contributed by atoms with Gasteiger partial charge in [-0.25, -0.2) is 13.1 Å². The first-order chi connectivity index (χ1) is 6.44. The maximum atomic E-state index is 11.3. The van der Waals surface area contributed by atoms with E-state index in [-0.39, 0.29) is 5.92 Å². The lowest BCUT2D eigenvalue weighted by molar-refractivity contribution is 0.517. The first kappa shape index (κ1) is 13.4. The van der Waals surface area contributed by atoms with Gasteiger partial charge in [-0.15, -0.1) is 0 Å². The molecule has 82 valence electrons. The van der Waals surface area contributed by atoms with Gasteiger partial charge in [0.05, 0.1) is 6.07 Å². The molecular formula is C8H17N3O2S. The van der Waals surface area contributed by atoms with Crippen LogP contribution in [-0.2, 0) is 10.0 Å². The monoisotopic (exact) mass is 219 g/mol. The molecule has 0 radical (unpaired) electrons. The van der Waals surface area contributed by atoms with Crippen LogP contribution < -0.4 is 10.0 Å². The lowest BCUT2D eigenvalue weighted by Crippen LogP contribution is -2.36. The van der Waals surface area contributed by atoms with Crippen LogP contribution in [0.4, 0.5) is 0 Å². The summed E-state index contributed by atoms with van der Waals surface area (Å²) in [7, 11) is -1.65. The molecule has 0 aromatic carbocycles. The maximum absolute atomic E-state index is 11.3. The largest absolute Gasteiger partial charge is 0.319 e. The first-order valence-electron chi connectivity index (χ1n) is 4.46. The van der Waals surface area contributed by atoms with Gasteiger partial charge in [0.1, 0.15) is 0 Å². The van der Waals surface area contributed by atoms with Gasteiger partial charge in [-0.2, -0.15) is 5.26 Å². The van der Waals surface area contributed by atoms with Crippen molar-refractivity contribution in [1.29, 1.82) is 5.26 Å². The molecule has 5 nitrogen and oxygen atoms in total. The second-order valence-corrected chi connectivity index (χ2v) is 5.41. The van der Waals surface area contributed by atoms with Crippen molar-refractivity contribution in [3.63, 3.8) is 0 Å². The van der Waals surface area contributed by atoms with Gasteiger partial charge in [-0.3, -0.25) is 0 Å². The van der Waals surface area contributed by atoms with E-state index >= 15 is 0 Å². The van der Waals surface area contributed by atoms with E-state index in [1.165, 1.54) is 6.92 Å². The van der Waals surface area contributed by atoms with Crippen molar-refractivity contribution in [3.8, 4) is 6.07 Å². The number of sulfonamides is 1. The van der Waals surface area contributed by atoms with E-state index in [2.05, 4.69) is 10.0 Å². The molecule has 0 aliphatic heterocycles. The van der Waals surface area contributed by atoms with Gasteiger partial charge in [-0.1, -0.05) is 6.92 Å². The molecule has 14 heavy (non-hydrogen) atoms. The van der Waals surface area contributed by atoms with Crippen LogP contribution in [0, 0.1) is 17.2 Å². The van der Waals surface area contributed by atoms with Gasteiger partial charge in [0, 0.05) is 6.54 Å². The molecular weight excluding hydrogens is 202 g/mol. The van der Waals surface area contributed by atoms with Crippen molar-refractivity contribution in [2.24, 2.45) is 5.92 Å². The summed E-state index contributed by atoms with van der Waals surface area (Å²) in [4.78, 5) is 0. The smallest absolute Gasteiger partial charge is 0.227 e. The molecule has 2 unspecified atom stereocenters. The van der Waals surface area contributed by atoms with Gasteiger partial charge in [0.2, 0.25) is 10.0 Å². The number of rotatable bonds is 6. The molecule has 0 amide bonds. The molecule has 0 heterocycles. The number of nitriles is 1. The summed E-state index contributed by atoms with van der Waals surface area (Å²) in [5, 5.41) is 10.4. The zero-order valence-electron chi connectivity index (χ0n) is 8.74. The SMILES string of the molecule is CNCC(C)CNS(=O)(=O)C(C)C#N. The molecule has 0 saturated carbocycles. The van der Waals surface area contributed by atoms with Crippen molar-refractivity contribution < 1.29 is 8.42 Å². The summed E-state index contributed by atoms with van der Waals surface area (Å²) in [6.45, 7) is 4.39. The minimum Gasteiger partial charge on any atom is -0.319 e. The number of nitrogens with zero attached hydrogens (tertiary/aromatic N) is 1. The third kappa shape index (κ3) is 4.56. The van der Waals surface area contributed by atoms with E-state index in [1.54, 1.807) is 6.07 Å². The van der Waals surface area contributed by atoms with Gasteiger partial charge < -0.3 is 5.32 Å². The fraction of sp³-hybridized carbons (Fsp3) is 0.875. The fourth-order valence-corrected chi connectivity index (χ4v) is 1.78. The lowest BCUT2D eigenvalue weighted by atomic mass is 10.2. The maximum Gasteiger partial charge on any atom is 0.227 e. The number of hydrogen-bond acceptors (Lipinski definition) is 4. The molecule has 0 fully saturated rings. The highest BCUT2D eigenvalue weighted by molar-refractivity contribution is 7.90.